The van der Waals surface area contributed by atoms with Crippen LogP contribution in [0.3, 0.4) is 0 Å². The lowest BCUT2D eigenvalue weighted by Crippen LogP contribution is -2.49. The third-order valence-corrected chi connectivity index (χ3v) is 4.84. The summed E-state index contributed by atoms with van der Waals surface area (Å²) in [5.41, 5.74) is 13.7. The molecule has 142 valence electrons. The number of amides is 2. The van der Waals surface area contributed by atoms with Gasteiger partial charge in [0, 0.05) is 6.54 Å². The highest BCUT2D eigenvalue weighted by Gasteiger charge is 2.36. The fourth-order valence-corrected chi connectivity index (χ4v) is 3.35. The molecule has 4 N–H and O–H groups in total. The van der Waals surface area contributed by atoms with Crippen LogP contribution in [0, 0.1) is 5.82 Å². The number of likely N-dealkylation sites (tertiary alicyclic amines) is 1. The number of hydrogen-bond acceptors (Lipinski definition) is 3. The van der Waals surface area contributed by atoms with Crippen LogP contribution in [0.15, 0.2) is 48.5 Å². The maximum absolute atomic E-state index is 13.4. The Hall–Kier alpha value is -2.80. The van der Waals surface area contributed by atoms with Crippen molar-refractivity contribution in [3.63, 3.8) is 0 Å². The zero-order valence-corrected chi connectivity index (χ0v) is 14.6. The van der Waals surface area contributed by atoms with Crippen LogP contribution in [0.1, 0.15) is 17.9 Å². The number of rotatable bonds is 5. The molecule has 1 aliphatic rings. The van der Waals surface area contributed by atoms with Gasteiger partial charge in [-0.1, -0.05) is 36.4 Å². The van der Waals surface area contributed by atoms with Gasteiger partial charge < -0.3 is 16.4 Å². The van der Waals surface area contributed by atoms with E-state index in [0.717, 1.165) is 11.1 Å². The summed E-state index contributed by atoms with van der Waals surface area (Å²) in [4.78, 5) is 25.8. The summed E-state index contributed by atoms with van der Waals surface area (Å²) >= 11 is 0. The Kier molecular flexibility index (Phi) is 5.51. The van der Waals surface area contributed by atoms with Crippen molar-refractivity contribution >= 4 is 11.8 Å². The van der Waals surface area contributed by atoms with Gasteiger partial charge in [-0.15, -0.1) is 0 Å². The van der Waals surface area contributed by atoms with Crippen molar-refractivity contribution in [2.45, 2.75) is 24.6 Å². The van der Waals surface area contributed by atoms with Crippen LogP contribution in [-0.2, 0) is 9.59 Å². The molecule has 3 rings (SSSR count). The third kappa shape index (κ3) is 4.14. The van der Waals surface area contributed by atoms with Crippen LogP contribution in [0.25, 0.3) is 11.1 Å². The van der Waals surface area contributed by atoms with E-state index in [1.807, 2.05) is 0 Å². The first-order valence-electron chi connectivity index (χ1n) is 8.70. The van der Waals surface area contributed by atoms with Gasteiger partial charge in [-0.3, -0.25) is 9.59 Å². The Labute approximate surface area is 155 Å². The summed E-state index contributed by atoms with van der Waals surface area (Å²) in [5, 5.41) is 0. The molecule has 27 heavy (non-hydrogen) atoms. The summed E-state index contributed by atoms with van der Waals surface area (Å²) in [5.74, 6) is -2.55. The average molecular weight is 373 g/mol. The first-order valence-corrected chi connectivity index (χ1v) is 8.70. The van der Waals surface area contributed by atoms with E-state index in [-0.39, 0.29) is 25.3 Å². The van der Waals surface area contributed by atoms with Crippen LogP contribution in [0.2, 0.25) is 0 Å². The van der Waals surface area contributed by atoms with Gasteiger partial charge in [-0.05, 0) is 35.2 Å². The Bertz CT molecular complexity index is 824. The molecular formula is C20H21F2N3O2. The molecule has 0 bridgehead atoms. The second-order valence-electron chi connectivity index (χ2n) is 6.70. The molecule has 0 unspecified atom stereocenters. The highest BCUT2D eigenvalue weighted by Crippen LogP contribution is 2.26. The molecule has 1 aliphatic heterocycles. The predicted molar refractivity (Wildman–Crippen MR) is 97.8 cm³/mol. The largest absolute Gasteiger partial charge is 0.369 e. The van der Waals surface area contributed by atoms with E-state index in [1.54, 1.807) is 36.4 Å². The van der Waals surface area contributed by atoms with Crippen molar-refractivity contribution in [2.75, 3.05) is 13.1 Å². The van der Waals surface area contributed by atoms with Crippen molar-refractivity contribution in [3.05, 3.63) is 59.9 Å². The topological polar surface area (TPSA) is 89.4 Å². The number of carbonyl (C=O) groups excluding carboxylic acids is 2. The number of nitrogens with zero attached hydrogens (tertiary/aromatic N) is 1. The number of primary amides is 1. The Morgan fingerprint density at radius 3 is 2.07 bits per heavy atom. The van der Waals surface area contributed by atoms with Crippen LogP contribution < -0.4 is 11.5 Å². The van der Waals surface area contributed by atoms with E-state index in [2.05, 4.69) is 0 Å². The number of benzene rings is 2. The first-order chi connectivity index (χ1) is 12.9. The van der Waals surface area contributed by atoms with E-state index in [9.17, 15) is 18.4 Å². The van der Waals surface area contributed by atoms with Crippen molar-refractivity contribution in [1.29, 1.82) is 0 Å². The van der Waals surface area contributed by atoms with Crippen LogP contribution in [-0.4, -0.2) is 42.0 Å². The second kappa shape index (κ2) is 7.84. The number of carbonyl (C=O) groups is 2. The fraction of sp³-hybridized carbons (Fsp3) is 0.300. The zero-order valence-electron chi connectivity index (χ0n) is 14.6. The molecule has 1 heterocycles. The molecule has 1 fully saturated rings. The van der Waals surface area contributed by atoms with E-state index in [4.69, 9.17) is 11.5 Å². The minimum atomic E-state index is -1.18. The minimum absolute atomic E-state index is 0.0124. The molecule has 1 saturated heterocycles. The van der Waals surface area contributed by atoms with Gasteiger partial charge >= 0.3 is 0 Å². The Morgan fingerprint density at radius 1 is 1.04 bits per heavy atom. The van der Waals surface area contributed by atoms with E-state index >= 15 is 0 Å². The normalized spacial score (nSPS) is 18.9. The van der Waals surface area contributed by atoms with E-state index in [0.29, 0.717) is 5.56 Å². The molecule has 0 aliphatic carbocycles. The molecule has 5 nitrogen and oxygen atoms in total. The lowest BCUT2D eigenvalue weighted by atomic mass is 9.89. The first kappa shape index (κ1) is 19.0. The van der Waals surface area contributed by atoms with E-state index in [1.165, 1.54) is 17.0 Å². The molecule has 0 radical (unpaired) electrons. The lowest BCUT2D eigenvalue weighted by molar-refractivity contribution is -0.134. The van der Waals surface area contributed by atoms with Gasteiger partial charge in [0.05, 0.1) is 12.5 Å². The zero-order chi connectivity index (χ0) is 19.6. The number of alkyl halides is 1. The molecule has 3 atom stereocenters. The van der Waals surface area contributed by atoms with Crippen molar-refractivity contribution in [2.24, 2.45) is 11.5 Å². The molecule has 0 saturated carbocycles. The summed E-state index contributed by atoms with van der Waals surface area (Å²) < 4.78 is 26.4. The molecule has 2 amide bonds. The SMILES string of the molecule is NC(=O)[C@@H](c1ccc(-c2ccc(F)cc2)cc1)[C@H](N)C(=O)N1CC[C@H](F)C1. The summed E-state index contributed by atoms with van der Waals surface area (Å²) in [6.07, 6.45) is -0.797. The monoisotopic (exact) mass is 373 g/mol. The van der Waals surface area contributed by atoms with Crippen molar-refractivity contribution in [1.82, 2.24) is 4.90 Å². The molecule has 7 heteroatoms. The predicted octanol–water partition coefficient (Wildman–Crippen LogP) is 1.96. The van der Waals surface area contributed by atoms with Crippen LogP contribution >= 0.6 is 0 Å². The maximum Gasteiger partial charge on any atom is 0.240 e. The molecule has 0 spiro atoms. The molecular weight excluding hydrogens is 352 g/mol. The highest BCUT2D eigenvalue weighted by atomic mass is 19.1. The van der Waals surface area contributed by atoms with Crippen molar-refractivity contribution < 1.29 is 18.4 Å². The Morgan fingerprint density at radius 2 is 1.59 bits per heavy atom. The maximum atomic E-state index is 13.4. The van der Waals surface area contributed by atoms with Crippen LogP contribution in [0.5, 0.6) is 0 Å². The lowest BCUT2D eigenvalue weighted by Gasteiger charge is -2.25. The quantitative estimate of drug-likeness (QED) is 0.840. The van der Waals surface area contributed by atoms with Gasteiger partial charge in [-0.2, -0.15) is 0 Å². The molecule has 0 aromatic heterocycles. The van der Waals surface area contributed by atoms with Gasteiger partial charge in [0.15, 0.2) is 0 Å². The second-order valence-corrected chi connectivity index (χ2v) is 6.70. The number of hydrogen-bond donors (Lipinski definition) is 2. The minimum Gasteiger partial charge on any atom is -0.369 e. The summed E-state index contributed by atoms with van der Waals surface area (Å²) in [7, 11) is 0. The highest BCUT2D eigenvalue weighted by molar-refractivity contribution is 5.93. The summed E-state index contributed by atoms with van der Waals surface area (Å²) in [6.45, 7) is 0.268. The average Bonchev–Trinajstić information content (AvgIpc) is 3.08. The van der Waals surface area contributed by atoms with Gasteiger partial charge in [0.1, 0.15) is 18.0 Å². The third-order valence-electron chi connectivity index (χ3n) is 4.84. The van der Waals surface area contributed by atoms with Crippen LogP contribution in [0.4, 0.5) is 8.78 Å². The molecule has 2 aromatic rings. The van der Waals surface area contributed by atoms with Gasteiger partial charge in [0.2, 0.25) is 11.8 Å². The number of nitrogens with two attached hydrogens (primary N) is 2. The standard InChI is InChI=1S/C20H21F2N3O2/c21-15-7-5-13(6-8-15)12-1-3-14(4-2-12)17(19(24)26)18(23)20(27)25-10-9-16(22)11-25/h1-8,16-18H,9-11,23H2,(H2,24,26)/t16-,17-,18-/m0/s1. The van der Waals surface area contributed by atoms with Gasteiger partial charge in [0.25, 0.3) is 0 Å². The number of halogens is 2. The Balaban J connectivity index is 1.81. The smallest absolute Gasteiger partial charge is 0.240 e. The molecule has 2 aromatic carbocycles. The fourth-order valence-electron chi connectivity index (χ4n) is 3.35. The van der Waals surface area contributed by atoms with Gasteiger partial charge in [-0.25, -0.2) is 8.78 Å². The van der Waals surface area contributed by atoms with Crippen molar-refractivity contribution in [3.8, 4) is 11.1 Å². The van der Waals surface area contributed by atoms with E-state index < -0.39 is 29.9 Å². The summed E-state index contributed by atoms with van der Waals surface area (Å²) in [6, 6.07) is 11.7.